The maximum absolute atomic E-state index is 14.1. The van der Waals surface area contributed by atoms with Crippen LogP contribution in [0.15, 0.2) is 126 Å². The van der Waals surface area contributed by atoms with Crippen LogP contribution in [-0.2, 0) is 20.2 Å². The lowest BCUT2D eigenvalue weighted by molar-refractivity contribution is -0.438. The van der Waals surface area contributed by atoms with Gasteiger partial charge in [-0.15, -0.1) is 4.33 Å². The molecule has 0 spiro atoms. The van der Waals surface area contributed by atoms with Gasteiger partial charge in [-0.05, 0) is 86.9 Å². The molecule has 2 aliphatic heterocycles. The molecule has 0 atom stereocenters. The van der Waals surface area contributed by atoms with E-state index in [2.05, 4.69) is 126 Å². The van der Waals surface area contributed by atoms with Crippen molar-refractivity contribution in [2.75, 3.05) is 30.8 Å². The van der Waals surface area contributed by atoms with Gasteiger partial charge in [0.05, 0.1) is 11.1 Å². The van der Waals surface area contributed by atoms with E-state index < -0.39 is 0 Å². The van der Waals surface area contributed by atoms with Crippen molar-refractivity contribution in [2.45, 2.75) is 90.4 Å². The Balaban J connectivity index is 1.39. The van der Waals surface area contributed by atoms with Crippen LogP contribution in [-0.4, -0.2) is 52.2 Å². The van der Waals surface area contributed by atoms with Crippen LogP contribution in [0.4, 0.5) is 11.4 Å². The molecule has 2 heterocycles. The van der Waals surface area contributed by atoms with Gasteiger partial charge in [-0.3, -0.25) is 4.79 Å². The van der Waals surface area contributed by atoms with E-state index in [1.165, 1.54) is 52.3 Å². The molecule has 54 heavy (non-hydrogen) atoms. The average Bonchev–Trinajstić information content (AvgIpc) is 3.76. The Morgan fingerprint density at radius 1 is 0.870 bits per heavy atom. The van der Waals surface area contributed by atoms with Crippen molar-refractivity contribution < 1.29 is 24.0 Å². The van der Waals surface area contributed by atoms with Crippen LogP contribution in [0.3, 0.4) is 0 Å². The lowest BCUT2D eigenvalue weighted by atomic mass is 9.81. The van der Waals surface area contributed by atoms with E-state index in [1.54, 1.807) is 0 Å². The van der Waals surface area contributed by atoms with Gasteiger partial charge >= 0.3 is 0 Å². The topological polar surface area (TPSA) is 65.3 Å². The Kier molecular flexibility index (Phi) is 12.8. The summed E-state index contributed by atoms with van der Waals surface area (Å²) < 4.78 is 7.11. The number of nitrogens with zero attached hydrogens (tertiary/aromatic N) is 3. The van der Waals surface area contributed by atoms with Gasteiger partial charge in [0, 0.05) is 77.9 Å². The van der Waals surface area contributed by atoms with Crippen LogP contribution in [0.2, 0.25) is 0 Å². The molecule has 0 aromatic heterocycles. The smallest absolute Gasteiger partial charge is 0.258 e. The maximum Gasteiger partial charge on any atom is 0.258 e. The van der Waals surface area contributed by atoms with Crippen molar-refractivity contribution in [1.82, 2.24) is 4.90 Å². The van der Waals surface area contributed by atoms with Crippen molar-refractivity contribution in [2.24, 2.45) is 0 Å². The SMILES string of the molecule is CCCCC[N+]1=C(C=CC2=C(N(C)C(=O)c3ccccc3)C(=CC=C3N(CCCCSOOO)c4ccccc4C3(C)C)CC2)C(C)(C)c2ccccc21. The zero-order chi connectivity index (χ0) is 38.3. The van der Waals surface area contributed by atoms with Crippen molar-refractivity contribution in [3.8, 4) is 0 Å². The third-order valence-electron chi connectivity index (χ3n) is 11.3. The number of allylic oxidation sites excluding steroid dienone is 7. The second-order valence-electron chi connectivity index (χ2n) is 15.5. The molecule has 0 fully saturated rings. The Bertz CT molecular complexity index is 1970. The Labute approximate surface area is 326 Å². The largest absolute Gasteiger partial charge is 0.344 e. The molecule has 0 radical (unpaired) electrons. The van der Waals surface area contributed by atoms with Gasteiger partial charge < -0.3 is 9.80 Å². The number of carbonyl (C=O) groups excluding carboxylic acids is 1. The Morgan fingerprint density at radius 3 is 2.35 bits per heavy atom. The van der Waals surface area contributed by atoms with Crippen LogP contribution in [0, 0.1) is 0 Å². The first-order chi connectivity index (χ1) is 26.1. The number of para-hydroxylation sites is 2. The van der Waals surface area contributed by atoms with E-state index in [-0.39, 0.29) is 16.7 Å². The first-order valence-electron chi connectivity index (χ1n) is 19.5. The summed E-state index contributed by atoms with van der Waals surface area (Å²) in [6.45, 7) is 13.4. The molecule has 3 aromatic carbocycles. The van der Waals surface area contributed by atoms with Gasteiger partial charge in [0.2, 0.25) is 5.69 Å². The van der Waals surface area contributed by atoms with Gasteiger partial charge in [0.25, 0.3) is 5.91 Å². The van der Waals surface area contributed by atoms with Gasteiger partial charge in [-0.2, -0.15) is 4.58 Å². The van der Waals surface area contributed by atoms with Gasteiger partial charge in [-0.25, -0.2) is 5.26 Å². The molecular weight excluding hydrogens is 691 g/mol. The van der Waals surface area contributed by atoms with Crippen LogP contribution in [0.5, 0.6) is 0 Å². The molecule has 6 rings (SSSR count). The molecule has 0 bridgehead atoms. The fraction of sp³-hybridized carbons (Fsp3) is 0.391. The van der Waals surface area contributed by atoms with Crippen molar-refractivity contribution in [1.29, 1.82) is 0 Å². The van der Waals surface area contributed by atoms with Crippen LogP contribution >= 0.6 is 12.0 Å². The van der Waals surface area contributed by atoms with Crippen molar-refractivity contribution in [3.63, 3.8) is 0 Å². The molecule has 0 unspecified atom stereocenters. The maximum atomic E-state index is 14.1. The number of benzene rings is 3. The normalized spacial score (nSPS) is 18.8. The van der Waals surface area contributed by atoms with Crippen LogP contribution in [0.25, 0.3) is 0 Å². The lowest BCUT2D eigenvalue weighted by Crippen LogP contribution is -2.28. The summed E-state index contributed by atoms with van der Waals surface area (Å²) in [7, 11) is 1.93. The highest BCUT2D eigenvalue weighted by Crippen LogP contribution is 2.48. The zero-order valence-electron chi connectivity index (χ0n) is 32.8. The quantitative estimate of drug-likeness (QED) is 0.0518. The standard InChI is InChI=1S/C46H55N3O4S/c1-7-8-16-31-48-39-23-14-12-21-37(39)45(2,3)41(48)29-27-34-25-26-35(43(34)47(6)44(50)36-19-10-9-11-20-36)28-30-42-46(4,5)38-22-13-15-24-40(38)49(42)32-17-18-33-54-53-52-51/h9-15,19-24,27-30H,7-8,16-18,25-26,31-33H2,1-6H3/p+1. The minimum Gasteiger partial charge on any atom is -0.344 e. The third kappa shape index (κ3) is 8.08. The second-order valence-corrected chi connectivity index (χ2v) is 16.3. The number of rotatable bonds is 16. The third-order valence-corrected chi connectivity index (χ3v) is 12.0. The predicted molar refractivity (Wildman–Crippen MR) is 222 cm³/mol. The Morgan fingerprint density at radius 2 is 1.59 bits per heavy atom. The van der Waals surface area contributed by atoms with E-state index >= 15 is 0 Å². The highest BCUT2D eigenvalue weighted by atomic mass is 32.2. The fourth-order valence-electron chi connectivity index (χ4n) is 8.47. The number of unbranched alkanes of at least 4 members (excludes halogenated alkanes) is 3. The van der Waals surface area contributed by atoms with Crippen molar-refractivity contribution in [3.05, 3.63) is 142 Å². The predicted octanol–water partition coefficient (Wildman–Crippen LogP) is 11.1. The minimum absolute atomic E-state index is 0.0110. The molecule has 0 saturated carbocycles. The molecule has 0 saturated heterocycles. The number of anilines is 1. The van der Waals surface area contributed by atoms with Gasteiger partial charge in [0.1, 0.15) is 6.54 Å². The number of hydrogen-bond donors (Lipinski definition) is 1. The summed E-state index contributed by atoms with van der Waals surface area (Å²) in [6, 6.07) is 27.1. The monoisotopic (exact) mass is 746 g/mol. The fourth-order valence-corrected chi connectivity index (χ4v) is 8.91. The van der Waals surface area contributed by atoms with E-state index in [4.69, 9.17) is 5.26 Å². The molecule has 284 valence electrons. The Hall–Kier alpha value is -4.21. The summed E-state index contributed by atoms with van der Waals surface area (Å²) >= 11 is 1.10. The molecule has 1 N–H and O–H groups in total. The summed E-state index contributed by atoms with van der Waals surface area (Å²) in [5.74, 6) is 0.705. The van der Waals surface area contributed by atoms with E-state index in [0.29, 0.717) is 11.3 Å². The summed E-state index contributed by atoms with van der Waals surface area (Å²) in [6.07, 6.45) is 16.3. The number of fused-ring (bicyclic) bond motifs is 2. The number of amides is 1. The lowest BCUT2D eigenvalue weighted by Gasteiger charge is -2.27. The average molecular weight is 747 g/mol. The van der Waals surface area contributed by atoms with Gasteiger partial charge in [0.15, 0.2) is 5.71 Å². The molecule has 1 aliphatic carbocycles. The first-order valence-corrected chi connectivity index (χ1v) is 20.4. The highest BCUT2D eigenvalue weighted by molar-refractivity contribution is 7.94. The molecule has 3 aliphatic rings. The molecule has 7 nitrogen and oxygen atoms in total. The number of carbonyl (C=O) groups is 1. The summed E-state index contributed by atoms with van der Waals surface area (Å²) in [4.78, 5) is 18.4. The summed E-state index contributed by atoms with van der Waals surface area (Å²) in [5.41, 5.74) is 11.4. The number of likely N-dealkylation sites (N-methyl/N-ethyl adjacent to an activating group) is 1. The van der Waals surface area contributed by atoms with Gasteiger partial charge in [-0.1, -0.05) is 99.0 Å². The molecule has 3 aromatic rings. The minimum atomic E-state index is -0.200. The van der Waals surface area contributed by atoms with Crippen LogP contribution < -0.4 is 4.90 Å². The van der Waals surface area contributed by atoms with E-state index in [1.807, 2.05) is 42.3 Å². The number of hydrogen-bond acceptors (Lipinski definition) is 6. The first kappa shape index (κ1) is 39.5. The van der Waals surface area contributed by atoms with Crippen molar-refractivity contribution >= 4 is 35.0 Å². The van der Waals surface area contributed by atoms with E-state index in [0.717, 1.165) is 68.5 Å². The summed E-state index contributed by atoms with van der Waals surface area (Å²) in [5, 5.41) is 12.2. The molecule has 8 heteroatoms. The zero-order valence-corrected chi connectivity index (χ0v) is 33.6. The van der Waals surface area contributed by atoms with Crippen LogP contribution in [0.1, 0.15) is 101 Å². The highest BCUT2D eigenvalue weighted by Gasteiger charge is 2.44. The van der Waals surface area contributed by atoms with E-state index in [9.17, 15) is 4.79 Å². The second kappa shape index (κ2) is 17.5. The molecular formula is C46H56N3O4S+. The molecule has 1 amide bonds.